The minimum atomic E-state index is -4.65. The van der Waals surface area contributed by atoms with Crippen molar-refractivity contribution in [1.82, 2.24) is 25.1 Å². The molecule has 1 aliphatic heterocycles. The van der Waals surface area contributed by atoms with Crippen LogP contribution in [-0.2, 0) is 11.0 Å². The number of nitrogens with one attached hydrogen (secondary N) is 2. The second kappa shape index (κ2) is 15.1. The Bertz CT molecular complexity index is 1360. The fourth-order valence-corrected chi connectivity index (χ4v) is 6.50. The molecule has 3 atom stereocenters. The van der Waals surface area contributed by atoms with E-state index in [9.17, 15) is 22.8 Å². The number of alkyl halides is 3. The van der Waals surface area contributed by atoms with Crippen molar-refractivity contribution in [2.75, 3.05) is 39.1 Å². The lowest BCUT2D eigenvalue weighted by Crippen LogP contribution is -2.46. The van der Waals surface area contributed by atoms with E-state index in [1.807, 2.05) is 18.7 Å². The minimum Gasteiger partial charge on any atom is -0.495 e. The Morgan fingerprint density at radius 1 is 1.18 bits per heavy atom. The smallest absolute Gasteiger partial charge is 0.419 e. The summed E-state index contributed by atoms with van der Waals surface area (Å²) in [6.07, 6.45) is 4.85. The van der Waals surface area contributed by atoms with Gasteiger partial charge in [-0.3, -0.25) is 9.59 Å². The van der Waals surface area contributed by atoms with Gasteiger partial charge in [0.1, 0.15) is 5.75 Å². The molecule has 1 saturated heterocycles. The van der Waals surface area contributed by atoms with Crippen LogP contribution < -0.4 is 15.4 Å². The maximum atomic E-state index is 14.0. The predicted octanol–water partition coefficient (Wildman–Crippen LogP) is 6.15. The van der Waals surface area contributed by atoms with Gasteiger partial charge >= 0.3 is 6.18 Å². The number of likely N-dealkylation sites (tertiary alicyclic amines) is 1. The number of benzene rings is 1. The Morgan fingerprint density at radius 2 is 1.89 bits per heavy atom. The molecule has 4 rings (SSSR count). The monoisotopic (exact) mass is 630 g/mol. The number of hydrogen-bond acceptors (Lipinski definition) is 7. The third-order valence-electron chi connectivity index (χ3n) is 9.05. The van der Waals surface area contributed by atoms with Crippen LogP contribution in [0.1, 0.15) is 80.9 Å². The fraction of sp³-hybridized carbons (Fsp3) is 0.576. The molecule has 12 heteroatoms. The molecule has 1 aliphatic carbocycles. The summed E-state index contributed by atoms with van der Waals surface area (Å²) in [5.74, 6) is 0.137. The number of amides is 2. The first-order valence-electron chi connectivity index (χ1n) is 15.7. The van der Waals surface area contributed by atoms with Gasteiger partial charge in [0, 0.05) is 37.3 Å². The van der Waals surface area contributed by atoms with E-state index in [4.69, 9.17) is 4.74 Å². The summed E-state index contributed by atoms with van der Waals surface area (Å²) in [6.45, 7) is 7.92. The quantitative estimate of drug-likeness (QED) is 0.325. The largest absolute Gasteiger partial charge is 0.495 e. The van der Waals surface area contributed by atoms with Crippen molar-refractivity contribution in [3.05, 3.63) is 47.3 Å². The van der Waals surface area contributed by atoms with E-state index in [0.29, 0.717) is 23.5 Å². The molecule has 246 valence electrons. The van der Waals surface area contributed by atoms with Gasteiger partial charge in [0.15, 0.2) is 0 Å². The van der Waals surface area contributed by atoms with Crippen LogP contribution in [0.5, 0.6) is 5.75 Å². The highest BCUT2D eigenvalue weighted by Gasteiger charge is 2.36. The number of piperidine rings is 1. The number of carbonyl (C=O) groups is 2. The van der Waals surface area contributed by atoms with E-state index in [2.05, 4.69) is 32.5 Å². The molecule has 45 heavy (non-hydrogen) atoms. The molecule has 2 N–H and O–H groups in total. The molecule has 1 unspecified atom stereocenters. The van der Waals surface area contributed by atoms with Crippen molar-refractivity contribution in [1.29, 1.82) is 0 Å². The highest BCUT2D eigenvalue weighted by Crippen LogP contribution is 2.37. The summed E-state index contributed by atoms with van der Waals surface area (Å²) in [5, 5.41) is 6.03. The van der Waals surface area contributed by atoms with Crippen LogP contribution in [-0.4, -0.2) is 77.5 Å². The molecule has 0 bridgehead atoms. The van der Waals surface area contributed by atoms with E-state index in [0.717, 1.165) is 57.8 Å². The number of methoxy groups -OCH3 is 1. The number of hydrogen-bond donors (Lipinski definition) is 2. The van der Waals surface area contributed by atoms with E-state index in [1.54, 1.807) is 31.2 Å². The Morgan fingerprint density at radius 3 is 2.53 bits per heavy atom. The highest BCUT2D eigenvalue weighted by atomic mass is 19.4. The van der Waals surface area contributed by atoms with Crippen molar-refractivity contribution < 1.29 is 27.5 Å². The zero-order valence-electron chi connectivity index (χ0n) is 26.8. The molecule has 1 aromatic carbocycles. The number of rotatable bonds is 10. The Labute approximate surface area is 263 Å². The van der Waals surface area contributed by atoms with Gasteiger partial charge in [0.05, 0.1) is 24.1 Å². The molecular weight excluding hydrogens is 585 g/mol. The Balaban J connectivity index is 1.54. The molecule has 1 aromatic heterocycles. The lowest BCUT2D eigenvalue weighted by molar-refractivity contribution is -0.138. The van der Waals surface area contributed by atoms with Crippen molar-refractivity contribution in [3.63, 3.8) is 0 Å². The molecule has 1 saturated carbocycles. The van der Waals surface area contributed by atoms with E-state index < -0.39 is 11.7 Å². The molecular formula is C33H45F3N6O3. The third kappa shape index (κ3) is 8.74. The van der Waals surface area contributed by atoms with Crippen LogP contribution in [0.25, 0.3) is 6.08 Å². The minimum absolute atomic E-state index is 0.0118. The third-order valence-corrected chi connectivity index (χ3v) is 9.05. The van der Waals surface area contributed by atoms with Gasteiger partial charge in [-0.1, -0.05) is 25.8 Å². The van der Waals surface area contributed by atoms with Crippen LogP contribution in [0, 0.1) is 11.8 Å². The molecule has 2 amide bonds. The molecule has 2 fully saturated rings. The maximum absolute atomic E-state index is 14.0. The first-order chi connectivity index (χ1) is 21.4. The molecule has 0 radical (unpaired) electrons. The average molecular weight is 631 g/mol. The van der Waals surface area contributed by atoms with Gasteiger partial charge in [0.2, 0.25) is 11.9 Å². The van der Waals surface area contributed by atoms with Crippen molar-refractivity contribution >= 4 is 29.5 Å². The summed E-state index contributed by atoms with van der Waals surface area (Å²) in [7, 11) is 3.51. The van der Waals surface area contributed by atoms with Gasteiger partial charge in [-0.2, -0.15) is 13.2 Å². The number of ether oxygens (including phenoxy) is 1. The van der Waals surface area contributed by atoms with Gasteiger partial charge in [-0.25, -0.2) is 9.97 Å². The summed E-state index contributed by atoms with van der Waals surface area (Å²) < 4.78 is 47.4. The number of allylic oxidation sites excluding steroid dienone is 1. The summed E-state index contributed by atoms with van der Waals surface area (Å²) >= 11 is 0. The van der Waals surface area contributed by atoms with Crippen LogP contribution in [0.15, 0.2) is 30.5 Å². The van der Waals surface area contributed by atoms with Crippen LogP contribution in [0.4, 0.5) is 24.8 Å². The molecule has 0 spiro atoms. The van der Waals surface area contributed by atoms with Crippen molar-refractivity contribution in [2.24, 2.45) is 11.8 Å². The zero-order chi connectivity index (χ0) is 32.7. The SMILES string of the molecule is CCN(C(C)=O)[C@@H]1CCCCC1[C@@H](C)/C=C/c1nc(Nc2ccc(C(=O)NC3CCN(C)CC3)cc2OC)ncc1C(F)(F)F. The maximum Gasteiger partial charge on any atom is 0.419 e. The van der Waals surface area contributed by atoms with Gasteiger partial charge in [-0.05, 0) is 88.9 Å². The summed E-state index contributed by atoms with van der Waals surface area (Å²) in [5.41, 5.74) is -0.380. The molecule has 2 aliphatic rings. The van der Waals surface area contributed by atoms with Gasteiger partial charge < -0.3 is 25.2 Å². The number of carbonyl (C=O) groups excluding carboxylic acids is 2. The number of anilines is 2. The topological polar surface area (TPSA) is 99.7 Å². The lowest BCUT2D eigenvalue weighted by atomic mass is 9.76. The molecule has 9 nitrogen and oxygen atoms in total. The average Bonchev–Trinajstić information content (AvgIpc) is 3.01. The van der Waals surface area contributed by atoms with E-state index >= 15 is 0 Å². The molecule has 2 aromatic rings. The fourth-order valence-electron chi connectivity index (χ4n) is 6.50. The summed E-state index contributed by atoms with van der Waals surface area (Å²) in [4.78, 5) is 37.5. The van der Waals surface area contributed by atoms with Gasteiger partial charge in [0.25, 0.3) is 5.91 Å². The Hall–Kier alpha value is -3.67. The van der Waals surface area contributed by atoms with Crippen LogP contribution >= 0.6 is 0 Å². The number of aromatic nitrogens is 2. The summed E-state index contributed by atoms with van der Waals surface area (Å²) in [6, 6.07) is 4.98. The number of nitrogens with zero attached hydrogens (tertiary/aromatic N) is 4. The second-order valence-corrected chi connectivity index (χ2v) is 12.1. The van der Waals surface area contributed by atoms with Gasteiger partial charge in [-0.15, -0.1) is 0 Å². The van der Waals surface area contributed by atoms with E-state index in [-0.39, 0.29) is 47.4 Å². The van der Waals surface area contributed by atoms with E-state index in [1.165, 1.54) is 13.2 Å². The first kappa shape index (κ1) is 34.2. The molecule has 2 heterocycles. The highest BCUT2D eigenvalue weighted by molar-refractivity contribution is 5.95. The van der Waals surface area contributed by atoms with Crippen molar-refractivity contribution in [3.8, 4) is 5.75 Å². The number of halogens is 3. The second-order valence-electron chi connectivity index (χ2n) is 12.1. The van der Waals surface area contributed by atoms with Crippen LogP contribution in [0.3, 0.4) is 0 Å². The Kier molecular flexibility index (Phi) is 11.5. The predicted molar refractivity (Wildman–Crippen MR) is 168 cm³/mol. The standard InChI is InChI=1S/C33H45F3N6O3/c1-6-42(22(3)43)29-10-8-7-9-25(29)21(2)11-13-27-26(33(34,35)36)20-37-32(39-27)40-28-14-12-23(19-30(28)45-5)31(44)38-24-15-17-41(4)18-16-24/h11-14,19-21,24-25,29H,6-10,15-18H2,1-5H3,(H,38,44)(H,37,39,40)/b13-11+/t21-,25?,29+/m0/s1. The first-order valence-corrected chi connectivity index (χ1v) is 15.7. The van der Waals surface area contributed by atoms with Crippen molar-refractivity contribution in [2.45, 2.75) is 77.6 Å². The van der Waals surface area contributed by atoms with Crippen LogP contribution in [0.2, 0.25) is 0 Å². The normalized spacial score (nSPS) is 20.5. The zero-order valence-corrected chi connectivity index (χ0v) is 26.8. The lowest BCUT2D eigenvalue weighted by Gasteiger charge is -2.41.